The van der Waals surface area contributed by atoms with Crippen molar-refractivity contribution in [2.45, 2.75) is 39.0 Å². The molecule has 5 nitrogen and oxygen atoms in total. The zero-order chi connectivity index (χ0) is 22.7. The van der Waals surface area contributed by atoms with Crippen molar-refractivity contribution >= 4 is 22.5 Å². The molecule has 2 atom stereocenters. The van der Waals surface area contributed by atoms with Crippen molar-refractivity contribution in [1.29, 1.82) is 0 Å². The molecule has 32 heavy (non-hydrogen) atoms. The van der Waals surface area contributed by atoms with E-state index in [1.807, 2.05) is 13.8 Å². The van der Waals surface area contributed by atoms with E-state index in [0.29, 0.717) is 5.56 Å². The third kappa shape index (κ3) is 5.35. The third-order valence-corrected chi connectivity index (χ3v) is 7.46. The number of likely N-dealkylation sites (tertiary alicyclic amines) is 1. The van der Waals surface area contributed by atoms with Gasteiger partial charge in [0.05, 0.1) is 10.8 Å². The van der Waals surface area contributed by atoms with Gasteiger partial charge in [-0.25, -0.2) is 8.78 Å². The topological polar surface area (TPSA) is 60.8 Å². The van der Waals surface area contributed by atoms with Crippen LogP contribution in [0, 0.1) is 17.0 Å². The number of halogens is 2. The van der Waals surface area contributed by atoms with E-state index in [4.69, 9.17) is 0 Å². The Morgan fingerprint density at radius 3 is 2.84 bits per heavy atom. The van der Waals surface area contributed by atoms with Crippen LogP contribution in [-0.4, -0.2) is 46.0 Å². The van der Waals surface area contributed by atoms with Crippen molar-refractivity contribution in [1.82, 2.24) is 9.88 Å². The minimum absolute atomic E-state index is 0.138. The monoisotopic (exact) mass is 458 g/mol. The van der Waals surface area contributed by atoms with Crippen LogP contribution in [0.5, 0.6) is 0 Å². The summed E-state index contributed by atoms with van der Waals surface area (Å²) in [5, 5.41) is 9.44. The Morgan fingerprint density at radius 2 is 2.09 bits per heavy atom. The Hall–Kier alpha value is -2.32. The van der Waals surface area contributed by atoms with Gasteiger partial charge >= 0.3 is 0 Å². The first-order chi connectivity index (χ1) is 15.4. The lowest BCUT2D eigenvalue weighted by Gasteiger charge is -2.16. The molecule has 0 amide bonds. The predicted octanol–water partition coefficient (Wildman–Crippen LogP) is 4.80. The van der Waals surface area contributed by atoms with Crippen LogP contribution >= 0.6 is 11.8 Å². The molecule has 0 radical (unpaired) electrons. The number of nitrogens with zero attached hydrogens (tertiary/aromatic N) is 3. The number of aromatic amines is 1. The molecule has 2 fully saturated rings. The first kappa shape index (κ1) is 22.9. The van der Waals surface area contributed by atoms with Crippen molar-refractivity contribution in [2.24, 2.45) is 15.6 Å². The van der Waals surface area contributed by atoms with Crippen molar-refractivity contribution in [3.8, 4) is 0 Å². The maximum absolute atomic E-state index is 14.1. The maximum atomic E-state index is 14.1. The molecule has 2 aliphatic rings. The van der Waals surface area contributed by atoms with Gasteiger partial charge in [-0.2, -0.15) is 5.10 Å². The van der Waals surface area contributed by atoms with E-state index in [2.05, 4.69) is 20.1 Å². The van der Waals surface area contributed by atoms with Crippen LogP contribution < -0.4 is 5.56 Å². The number of aromatic nitrogens is 1. The second-order valence-electron chi connectivity index (χ2n) is 8.76. The minimum atomic E-state index is -0.511. The Morgan fingerprint density at radius 1 is 1.25 bits per heavy atom. The van der Waals surface area contributed by atoms with Gasteiger partial charge < -0.3 is 9.88 Å². The summed E-state index contributed by atoms with van der Waals surface area (Å²) in [5.74, 6) is 0.264. The van der Waals surface area contributed by atoms with Gasteiger partial charge in [0.1, 0.15) is 11.6 Å². The summed E-state index contributed by atoms with van der Waals surface area (Å²) < 4.78 is 27.3. The van der Waals surface area contributed by atoms with Gasteiger partial charge in [0.25, 0.3) is 0 Å². The highest BCUT2D eigenvalue weighted by Crippen LogP contribution is 2.64. The molecule has 2 unspecified atom stereocenters. The van der Waals surface area contributed by atoms with Crippen molar-refractivity contribution in [3.63, 3.8) is 0 Å². The summed E-state index contributed by atoms with van der Waals surface area (Å²) in [6.45, 7) is 6.86. The quantitative estimate of drug-likeness (QED) is 0.281. The molecular formula is C24H28F2N4OS. The fourth-order valence-electron chi connectivity index (χ4n) is 4.57. The zero-order valence-corrected chi connectivity index (χ0v) is 19.2. The largest absolute Gasteiger partial charge is 0.328 e. The van der Waals surface area contributed by atoms with E-state index in [0.717, 1.165) is 67.0 Å². The number of thioether (sulfide) groups is 1. The average molecular weight is 459 g/mol. The number of hydrogen-bond acceptors (Lipinski definition) is 5. The summed E-state index contributed by atoms with van der Waals surface area (Å²) in [6, 6.07) is 7.19. The first-order valence-corrected chi connectivity index (χ1v) is 11.9. The second kappa shape index (κ2) is 9.67. The molecule has 0 bridgehead atoms. The van der Waals surface area contributed by atoms with E-state index in [-0.39, 0.29) is 16.9 Å². The molecule has 2 aromatic rings. The van der Waals surface area contributed by atoms with Crippen molar-refractivity contribution < 1.29 is 8.78 Å². The van der Waals surface area contributed by atoms with E-state index in [1.165, 1.54) is 12.1 Å². The van der Waals surface area contributed by atoms with Crippen molar-refractivity contribution in [2.75, 3.05) is 25.4 Å². The van der Waals surface area contributed by atoms with Gasteiger partial charge in [-0.3, -0.25) is 4.79 Å². The fourth-order valence-corrected chi connectivity index (χ4v) is 5.24. The number of benzene rings is 1. The highest BCUT2D eigenvalue weighted by Gasteiger charge is 2.58. The summed E-state index contributed by atoms with van der Waals surface area (Å²) >= 11 is 1.69. The van der Waals surface area contributed by atoms with Crippen LogP contribution in [-0.2, 0) is 0 Å². The minimum Gasteiger partial charge on any atom is -0.328 e. The van der Waals surface area contributed by atoms with Crippen LogP contribution in [0.25, 0.3) is 0 Å². The molecule has 1 aliphatic heterocycles. The van der Waals surface area contributed by atoms with Crippen LogP contribution in [0.4, 0.5) is 8.78 Å². The third-order valence-electron chi connectivity index (χ3n) is 6.46. The summed E-state index contributed by atoms with van der Waals surface area (Å²) in [4.78, 5) is 16.2. The number of H-pyrrole nitrogens is 1. The maximum Gasteiger partial charge on any atom is 0.247 e. The average Bonchev–Trinajstić information content (AvgIpc) is 3.30. The summed E-state index contributed by atoms with van der Waals surface area (Å²) in [7, 11) is 0. The SMILES string of the molecule is C/C(=N\N=C(/C)c1ccc(=O)[nH]c1)SCCCN1CCC2(CC2c2ccc(F)cc2F)C1. The Labute approximate surface area is 191 Å². The number of pyridine rings is 1. The normalized spacial score (nSPS) is 23.8. The molecule has 1 aliphatic carbocycles. The molecule has 2 heterocycles. The molecule has 1 aromatic heterocycles. The van der Waals surface area contributed by atoms with E-state index >= 15 is 0 Å². The van der Waals surface area contributed by atoms with Gasteiger partial charge in [-0.05, 0) is 75.2 Å². The molecule has 1 spiro atoms. The standard InChI is InChI=1S/C24H28F2N4OS/c1-16(18-4-7-23(31)27-14-18)28-29-17(2)32-11-3-9-30-10-8-24(15-30)13-21(24)20-6-5-19(25)12-22(20)26/h4-7,12,14,21H,3,8-11,13,15H2,1-2H3,(H,27,31)/b28-16+,29-17+. The number of hydrogen-bond donors (Lipinski definition) is 1. The molecule has 8 heteroatoms. The highest BCUT2D eigenvalue weighted by molar-refractivity contribution is 8.13. The Kier molecular flexibility index (Phi) is 6.90. The van der Waals surface area contributed by atoms with Gasteiger partial charge in [0.15, 0.2) is 0 Å². The molecule has 4 rings (SSSR count). The summed E-state index contributed by atoms with van der Waals surface area (Å²) in [6.07, 6.45) is 4.77. The van der Waals surface area contributed by atoms with Gasteiger partial charge in [-0.15, -0.1) is 16.9 Å². The molecule has 1 N–H and O–H groups in total. The van der Waals surface area contributed by atoms with Gasteiger partial charge in [-0.1, -0.05) is 6.07 Å². The van der Waals surface area contributed by atoms with E-state index < -0.39 is 11.6 Å². The van der Waals surface area contributed by atoms with Gasteiger partial charge in [0.2, 0.25) is 5.56 Å². The number of nitrogens with one attached hydrogen (secondary N) is 1. The fraction of sp³-hybridized carbons (Fsp3) is 0.458. The zero-order valence-electron chi connectivity index (χ0n) is 18.4. The molecule has 1 saturated heterocycles. The van der Waals surface area contributed by atoms with Crippen LogP contribution in [0.1, 0.15) is 50.2 Å². The van der Waals surface area contributed by atoms with E-state index in [1.54, 1.807) is 30.1 Å². The van der Waals surface area contributed by atoms with E-state index in [9.17, 15) is 13.6 Å². The number of rotatable bonds is 7. The van der Waals surface area contributed by atoms with Gasteiger partial charge in [0, 0.05) is 36.2 Å². The lowest BCUT2D eigenvalue weighted by Crippen LogP contribution is -2.23. The van der Waals surface area contributed by atoms with Crippen LogP contribution in [0.15, 0.2) is 51.5 Å². The molecular weight excluding hydrogens is 430 g/mol. The smallest absolute Gasteiger partial charge is 0.247 e. The molecule has 170 valence electrons. The highest BCUT2D eigenvalue weighted by atomic mass is 32.2. The Bertz CT molecular complexity index is 1080. The second-order valence-corrected chi connectivity index (χ2v) is 10.0. The van der Waals surface area contributed by atoms with Crippen LogP contribution in [0.3, 0.4) is 0 Å². The van der Waals surface area contributed by atoms with Crippen LogP contribution in [0.2, 0.25) is 0 Å². The lowest BCUT2D eigenvalue weighted by molar-refractivity contribution is 0.319. The molecule has 1 saturated carbocycles. The van der Waals surface area contributed by atoms with Crippen molar-refractivity contribution in [3.05, 3.63) is 69.6 Å². The predicted molar refractivity (Wildman–Crippen MR) is 127 cm³/mol. The molecule has 1 aromatic carbocycles. The first-order valence-electron chi connectivity index (χ1n) is 10.9. The lowest BCUT2D eigenvalue weighted by atomic mass is 9.98. The Balaban J connectivity index is 1.20. The summed E-state index contributed by atoms with van der Waals surface area (Å²) in [5.41, 5.74) is 2.30.